The van der Waals surface area contributed by atoms with Crippen LogP contribution in [0, 0.1) is 12.3 Å². The molecule has 0 radical (unpaired) electrons. The molecular formula is C15H24N2O2. The van der Waals surface area contributed by atoms with Crippen LogP contribution in [0.5, 0.6) is 0 Å². The van der Waals surface area contributed by atoms with Crippen molar-refractivity contribution in [1.29, 1.82) is 0 Å². The molecule has 1 fully saturated rings. The third-order valence-electron chi connectivity index (χ3n) is 4.05. The van der Waals surface area contributed by atoms with Crippen LogP contribution in [0.15, 0.2) is 16.5 Å². The average molecular weight is 264 g/mol. The molecule has 1 aromatic rings. The molecule has 0 aromatic carbocycles. The minimum Gasteiger partial charge on any atom is -0.466 e. The zero-order chi connectivity index (χ0) is 14.0. The average Bonchev–Trinajstić information content (AvgIpc) is 2.75. The number of carbonyl (C=O) groups is 1. The number of aryl methyl sites for hydroxylation is 2. The first-order chi connectivity index (χ1) is 8.88. The minimum atomic E-state index is 0.00911. The Kier molecular flexibility index (Phi) is 3.99. The Hall–Kier alpha value is -1.29. The number of hydrogen-bond donors (Lipinski definition) is 1. The van der Waals surface area contributed by atoms with Crippen molar-refractivity contribution in [3.8, 4) is 0 Å². The van der Waals surface area contributed by atoms with Crippen LogP contribution in [0.25, 0.3) is 0 Å². The van der Waals surface area contributed by atoms with Crippen LogP contribution in [0.1, 0.15) is 38.2 Å². The van der Waals surface area contributed by atoms with E-state index in [0.717, 1.165) is 31.0 Å². The Morgan fingerprint density at radius 2 is 2.26 bits per heavy atom. The van der Waals surface area contributed by atoms with E-state index < -0.39 is 0 Å². The lowest BCUT2D eigenvalue weighted by Crippen LogP contribution is -2.54. The van der Waals surface area contributed by atoms with E-state index in [9.17, 15) is 4.79 Å². The highest BCUT2D eigenvalue weighted by Crippen LogP contribution is 2.28. The third kappa shape index (κ3) is 3.38. The summed E-state index contributed by atoms with van der Waals surface area (Å²) in [5, 5.41) is 0. The quantitative estimate of drug-likeness (QED) is 0.909. The van der Waals surface area contributed by atoms with E-state index >= 15 is 0 Å². The Morgan fingerprint density at radius 3 is 2.84 bits per heavy atom. The van der Waals surface area contributed by atoms with E-state index in [1.165, 1.54) is 0 Å². The topological polar surface area (TPSA) is 59.5 Å². The van der Waals surface area contributed by atoms with Gasteiger partial charge in [-0.25, -0.2) is 0 Å². The predicted octanol–water partition coefficient (Wildman–Crippen LogP) is 2.11. The highest BCUT2D eigenvalue weighted by atomic mass is 16.3. The molecule has 4 nitrogen and oxygen atoms in total. The van der Waals surface area contributed by atoms with Crippen molar-refractivity contribution >= 4 is 5.91 Å². The van der Waals surface area contributed by atoms with Gasteiger partial charge in [-0.1, -0.05) is 13.8 Å². The molecule has 4 heteroatoms. The maximum absolute atomic E-state index is 12.2. The summed E-state index contributed by atoms with van der Waals surface area (Å²) in [4.78, 5) is 14.2. The molecule has 1 aliphatic heterocycles. The number of rotatable bonds is 3. The van der Waals surface area contributed by atoms with Gasteiger partial charge in [0.15, 0.2) is 0 Å². The molecule has 2 N–H and O–H groups in total. The Balaban J connectivity index is 1.87. The maximum Gasteiger partial charge on any atom is 0.223 e. The van der Waals surface area contributed by atoms with Crippen LogP contribution in [0.4, 0.5) is 0 Å². The van der Waals surface area contributed by atoms with Crippen molar-refractivity contribution in [3.05, 3.63) is 23.7 Å². The maximum atomic E-state index is 12.2. The molecule has 1 atom stereocenters. The molecule has 106 valence electrons. The monoisotopic (exact) mass is 264 g/mol. The molecule has 1 saturated heterocycles. The summed E-state index contributed by atoms with van der Waals surface area (Å²) in [6.07, 6.45) is 2.08. The SMILES string of the molecule is Cc1ccc(CCC(=O)N2CCC(N)C(C)(C)C2)o1. The van der Waals surface area contributed by atoms with Gasteiger partial charge in [-0.3, -0.25) is 4.79 Å². The van der Waals surface area contributed by atoms with Gasteiger partial charge in [-0.15, -0.1) is 0 Å². The summed E-state index contributed by atoms with van der Waals surface area (Å²) >= 11 is 0. The number of nitrogens with two attached hydrogens (primary N) is 1. The summed E-state index contributed by atoms with van der Waals surface area (Å²) < 4.78 is 5.49. The summed E-state index contributed by atoms with van der Waals surface area (Å²) in [5.74, 6) is 1.99. The second-order valence-corrected chi connectivity index (χ2v) is 6.21. The Morgan fingerprint density at radius 1 is 1.53 bits per heavy atom. The molecule has 1 amide bonds. The molecule has 0 aliphatic carbocycles. The first-order valence-corrected chi connectivity index (χ1v) is 6.97. The van der Waals surface area contributed by atoms with E-state index in [0.29, 0.717) is 12.8 Å². The summed E-state index contributed by atoms with van der Waals surface area (Å²) in [6.45, 7) is 7.71. The fraction of sp³-hybridized carbons (Fsp3) is 0.667. The Labute approximate surface area is 114 Å². The van der Waals surface area contributed by atoms with Crippen LogP contribution in [-0.4, -0.2) is 29.9 Å². The van der Waals surface area contributed by atoms with Gasteiger partial charge >= 0.3 is 0 Å². The number of carbonyl (C=O) groups excluding carboxylic acids is 1. The van der Waals surface area contributed by atoms with Gasteiger partial charge in [0.2, 0.25) is 5.91 Å². The highest BCUT2D eigenvalue weighted by molar-refractivity contribution is 5.76. The lowest BCUT2D eigenvalue weighted by atomic mass is 9.79. The van der Waals surface area contributed by atoms with Gasteiger partial charge in [0.25, 0.3) is 0 Å². The van der Waals surface area contributed by atoms with Gasteiger partial charge in [0.1, 0.15) is 11.5 Å². The van der Waals surface area contributed by atoms with Gasteiger partial charge in [-0.05, 0) is 30.9 Å². The van der Waals surface area contributed by atoms with Crippen LogP contribution < -0.4 is 5.73 Å². The molecule has 1 unspecified atom stereocenters. The van der Waals surface area contributed by atoms with Crippen molar-refractivity contribution in [2.45, 2.75) is 46.1 Å². The molecule has 19 heavy (non-hydrogen) atoms. The molecule has 0 bridgehead atoms. The summed E-state index contributed by atoms with van der Waals surface area (Å²) in [6, 6.07) is 4.06. The second-order valence-electron chi connectivity index (χ2n) is 6.21. The zero-order valence-electron chi connectivity index (χ0n) is 12.1. The van der Waals surface area contributed by atoms with Gasteiger partial charge in [0.05, 0.1) is 0 Å². The van der Waals surface area contributed by atoms with E-state index in [1.807, 2.05) is 24.0 Å². The number of hydrogen-bond acceptors (Lipinski definition) is 3. The largest absolute Gasteiger partial charge is 0.466 e. The van der Waals surface area contributed by atoms with Gasteiger partial charge in [-0.2, -0.15) is 0 Å². The highest BCUT2D eigenvalue weighted by Gasteiger charge is 2.35. The summed E-state index contributed by atoms with van der Waals surface area (Å²) in [5.41, 5.74) is 6.10. The molecule has 2 heterocycles. The standard InChI is InChI=1S/C15H24N2O2/c1-11-4-5-12(19-11)6-7-14(18)17-9-8-13(16)15(2,3)10-17/h4-5,13H,6-10,16H2,1-3H3. The number of likely N-dealkylation sites (tertiary alicyclic amines) is 1. The molecule has 1 aliphatic rings. The zero-order valence-corrected chi connectivity index (χ0v) is 12.1. The molecule has 2 rings (SSSR count). The Bertz CT molecular complexity index is 451. The number of piperidine rings is 1. The molecule has 0 spiro atoms. The molecule has 1 aromatic heterocycles. The van der Waals surface area contributed by atoms with Crippen LogP contribution >= 0.6 is 0 Å². The van der Waals surface area contributed by atoms with Crippen molar-refractivity contribution in [3.63, 3.8) is 0 Å². The van der Waals surface area contributed by atoms with Crippen LogP contribution in [0.3, 0.4) is 0 Å². The van der Waals surface area contributed by atoms with E-state index in [1.54, 1.807) is 0 Å². The number of nitrogens with zero attached hydrogens (tertiary/aromatic N) is 1. The predicted molar refractivity (Wildman–Crippen MR) is 74.7 cm³/mol. The normalized spacial score (nSPS) is 22.5. The van der Waals surface area contributed by atoms with Crippen LogP contribution in [0.2, 0.25) is 0 Å². The smallest absolute Gasteiger partial charge is 0.223 e. The van der Waals surface area contributed by atoms with E-state index in [2.05, 4.69) is 13.8 Å². The lowest BCUT2D eigenvalue weighted by molar-refractivity contribution is -0.134. The second kappa shape index (κ2) is 5.37. The fourth-order valence-electron chi connectivity index (χ4n) is 2.59. The minimum absolute atomic E-state index is 0.00911. The van der Waals surface area contributed by atoms with Gasteiger partial charge < -0.3 is 15.1 Å². The van der Waals surface area contributed by atoms with Crippen LogP contribution in [-0.2, 0) is 11.2 Å². The summed E-state index contributed by atoms with van der Waals surface area (Å²) in [7, 11) is 0. The van der Waals surface area contributed by atoms with Crippen molar-refractivity contribution in [2.75, 3.05) is 13.1 Å². The van der Waals surface area contributed by atoms with Crippen molar-refractivity contribution < 1.29 is 9.21 Å². The van der Waals surface area contributed by atoms with E-state index in [4.69, 9.17) is 10.2 Å². The number of furan rings is 1. The fourth-order valence-corrected chi connectivity index (χ4v) is 2.59. The first kappa shape index (κ1) is 14.1. The first-order valence-electron chi connectivity index (χ1n) is 6.97. The molecule has 0 saturated carbocycles. The van der Waals surface area contributed by atoms with Gasteiger partial charge in [0, 0.05) is 32.0 Å². The third-order valence-corrected chi connectivity index (χ3v) is 4.05. The van der Waals surface area contributed by atoms with Crippen molar-refractivity contribution in [1.82, 2.24) is 4.90 Å². The van der Waals surface area contributed by atoms with E-state index in [-0.39, 0.29) is 17.4 Å². The van der Waals surface area contributed by atoms with Crippen molar-refractivity contribution in [2.24, 2.45) is 11.1 Å². The lowest BCUT2D eigenvalue weighted by Gasteiger charge is -2.42. The molecular weight excluding hydrogens is 240 g/mol. The number of amides is 1.